The van der Waals surface area contributed by atoms with Crippen LogP contribution in [0.4, 0.5) is 0 Å². The lowest BCUT2D eigenvalue weighted by Gasteiger charge is -1.97. The molecule has 0 saturated carbocycles. The quantitative estimate of drug-likeness (QED) is 0.787. The molecule has 3 rings (SSSR count). The minimum atomic E-state index is 0.135. The van der Waals surface area contributed by atoms with E-state index < -0.39 is 0 Å². The summed E-state index contributed by atoms with van der Waals surface area (Å²) in [5.74, 6) is 1.50. The Labute approximate surface area is 126 Å². The molecule has 0 fully saturated rings. The van der Waals surface area contributed by atoms with E-state index in [4.69, 9.17) is 9.52 Å². The molecular formula is C15H17N3O2S. The van der Waals surface area contributed by atoms with Crippen LogP contribution < -0.4 is 0 Å². The van der Waals surface area contributed by atoms with Crippen molar-refractivity contribution in [1.82, 2.24) is 14.8 Å². The second kappa shape index (κ2) is 5.83. The van der Waals surface area contributed by atoms with Crippen LogP contribution in [0.2, 0.25) is 0 Å². The summed E-state index contributed by atoms with van der Waals surface area (Å²) in [7, 11) is 0. The van der Waals surface area contributed by atoms with Crippen LogP contribution >= 0.6 is 11.3 Å². The number of aromatic nitrogens is 3. The first-order valence-electron chi connectivity index (χ1n) is 6.80. The summed E-state index contributed by atoms with van der Waals surface area (Å²) in [5.41, 5.74) is 3.08. The van der Waals surface area contributed by atoms with Gasteiger partial charge in [0.25, 0.3) is 0 Å². The van der Waals surface area contributed by atoms with Gasteiger partial charge in [0.05, 0.1) is 17.6 Å². The summed E-state index contributed by atoms with van der Waals surface area (Å²) in [6.07, 6.45) is 4.33. The van der Waals surface area contributed by atoms with Crippen molar-refractivity contribution in [2.45, 2.75) is 26.8 Å². The summed E-state index contributed by atoms with van der Waals surface area (Å²) in [5, 5.41) is 15.3. The molecule has 3 heterocycles. The summed E-state index contributed by atoms with van der Waals surface area (Å²) < 4.78 is 7.60. The molecule has 0 spiro atoms. The molecule has 0 atom stereocenters. The van der Waals surface area contributed by atoms with E-state index in [0.717, 1.165) is 21.9 Å². The van der Waals surface area contributed by atoms with E-state index in [0.29, 0.717) is 18.9 Å². The minimum absolute atomic E-state index is 0.135. The second-order valence-electron chi connectivity index (χ2n) is 4.97. The minimum Gasteiger partial charge on any atom is -0.440 e. The van der Waals surface area contributed by atoms with Crippen LogP contribution in [-0.4, -0.2) is 26.5 Å². The van der Waals surface area contributed by atoms with Crippen molar-refractivity contribution in [2.24, 2.45) is 0 Å². The zero-order valence-corrected chi connectivity index (χ0v) is 12.9. The topological polar surface area (TPSA) is 64.1 Å². The monoisotopic (exact) mass is 303 g/mol. The molecule has 0 bridgehead atoms. The van der Waals surface area contributed by atoms with E-state index >= 15 is 0 Å². The average molecular weight is 303 g/mol. The lowest BCUT2D eigenvalue weighted by Crippen LogP contribution is -2.01. The van der Waals surface area contributed by atoms with Gasteiger partial charge in [-0.2, -0.15) is 5.10 Å². The highest BCUT2D eigenvalue weighted by Gasteiger charge is 2.15. The fourth-order valence-electron chi connectivity index (χ4n) is 2.17. The van der Waals surface area contributed by atoms with Crippen molar-refractivity contribution in [3.05, 3.63) is 46.4 Å². The Kier molecular flexibility index (Phi) is 3.90. The number of thiophene rings is 1. The Bertz CT molecular complexity index is 742. The molecule has 1 N–H and O–H groups in total. The fourth-order valence-corrected chi connectivity index (χ4v) is 3.02. The zero-order valence-electron chi connectivity index (χ0n) is 12.0. The molecule has 3 aromatic heterocycles. The molecule has 0 aliphatic heterocycles. The van der Waals surface area contributed by atoms with Gasteiger partial charge in [-0.25, -0.2) is 4.98 Å². The Morgan fingerprint density at radius 3 is 2.95 bits per heavy atom. The third-order valence-corrected chi connectivity index (χ3v) is 4.35. The van der Waals surface area contributed by atoms with Crippen LogP contribution in [-0.2, 0) is 13.0 Å². The van der Waals surface area contributed by atoms with E-state index in [9.17, 15) is 0 Å². The van der Waals surface area contributed by atoms with Crippen LogP contribution in [0.15, 0.2) is 28.3 Å². The van der Waals surface area contributed by atoms with Gasteiger partial charge in [-0.1, -0.05) is 0 Å². The maximum atomic E-state index is 8.93. The highest BCUT2D eigenvalue weighted by molar-refractivity contribution is 7.13. The molecule has 3 aromatic rings. The second-order valence-corrected chi connectivity index (χ2v) is 5.89. The van der Waals surface area contributed by atoms with Gasteiger partial charge in [-0.3, -0.25) is 4.68 Å². The first-order chi connectivity index (χ1) is 10.2. The summed E-state index contributed by atoms with van der Waals surface area (Å²) in [6, 6.07) is 2.06. The number of nitrogens with zero attached hydrogens (tertiary/aromatic N) is 3. The number of aliphatic hydroxyl groups excluding tert-OH is 1. The van der Waals surface area contributed by atoms with Crippen molar-refractivity contribution in [1.29, 1.82) is 0 Å². The Balaban J connectivity index is 1.82. The summed E-state index contributed by atoms with van der Waals surface area (Å²) >= 11 is 1.64. The smallest absolute Gasteiger partial charge is 0.237 e. The summed E-state index contributed by atoms with van der Waals surface area (Å²) in [6.45, 7) is 4.69. The maximum absolute atomic E-state index is 8.93. The molecule has 0 amide bonds. The molecule has 5 nitrogen and oxygen atoms in total. The van der Waals surface area contributed by atoms with Crippen LogP contribution in [0.1, 0.15) is 22.6 Å². The van der Waals surface area contributed by atoms with Gasteiger partial charge >= 0.3 is 0 Å². The lowest BCUT2D eigenvalue weighted by molar-refractivity contribution is 0.299. The highest BCUT2D eigenvalue weighted by atomic mass is 32.1. The first kappa shape index (κ1) is 14.0. The number of aliphatic hydroxyl groups is 1. The van der Waals surface area contributed by atoms with E-state index in [2.05, 4.69) is 23.1 Å². The van der Waals surface area contributed by atoms with Gasteiger partial charge in [0.15, 0.2) is 0 Å². The van der Waals surface area contributed by atoms with E-state index in [1.54, 1.807) is 17.5 Å². The van der Waals surface area contributed by atoms with Crippen LogP contribution in [0.25, 0.3) is 10.8 Å². The van der Waals surface area contributed by atoms with Crippen molar-refractivity contribution in [2.75, 3.05) is 6.61 Å². The number of rotatable bonds is 5. The predicted molar refractivity (Wildman–Crippen MR) is 81.4 cm³/mol. The molecule has 0 aromatic carbocycles. The van der Waals surface area contributed by atoms with Crippen molar-refractivity contribution < 1.29 is 9.52 Å². The number of aryl methyl sites for hydroxylation is 2. The van der Waals surface area contributed by atoms with Crippen LogP contribution in [0, 0.1) is 13.8 Å². The van der Waals surface area contributed by atoms with E-state index in [1.807, 2.05) is 23.2 Å². The molecule has 0 saturated heterocycles. The van der Waals surface area contributed by atoms with Gasteiger partial charge in [0, 0.05) is 12.8 Å². The Hall–Kier alpha value is -1.92. The van der Waals surface area contributed by atoms with Gasteiger partial charge in [-0.15, -0.1) is 11.3 Å². The SMILES string of the molecule is Cc1ccsc1-c1nc(Cn2cc(CCO)cn2)c(C)o1. The van der Waals surface area contributed by atoms with Crippen LogP contribution in [0.3, 0.4) is 0 Å². The predicted octanol–water partition coefficient (Wildman–Crippen LogP) is 2.80. The van der Waals surface area contributed by atoms with Crippen molar-refractivity contribution >= 4 is 11.3 Å². The number of hydrogen-bond acceptors (Lipinski definition) is 5. The highest BCUT2D eigenvalue weighted by Crippen LogP contribution is 2.29. The summed E-state index contributed by atoms with van der Waals surface area (Å²) in [4.78, 5) is 5.67. The third-order valence-electron chi connectivity index (χ3n) is 3.35. The Morgan fingerprint density at radius 1 is 1.38 bits per heavy atom. The van der Waals surface area contributed by atoms with E-state index in [1.165, 1.54) is 5.56 Å². The molecule has 6 heteroatoms. The number of oxazole rings is 1. The molecule has 0 aliphatic rings. The largest absolute Gasteiger partial charge is 0.440 e. The normalized spacial score (nSPS) is 11.2. The Morgan fingerprint density at radius 2 is 2.24 bits per heavy atom. The van der Waals surface area contributed by atoms with Gasteiger partial charge < -0.3 is 9.52 Å². The zero-order chi connectivity index (χ0) is 14.8. The third kappa shape index (κ3) is 2.91. The lowest BCUT2D eigenvalue weighted by atomic mass is 10.3. The molecule has 21 heavy (non-hydrogen) atoms. The fraction of sp³-hybridized carbons (Fsp3) is 0.333. The number of hydrogen-bond donors (Lipinski definition) is 1. The van der Waals surface area contributed by atoms with Crippen molar-refractivity contribution in [3.8, 4) is 10.8 Å². The standard InChI is InChI=1S/C15H17N3O2S/c1-10-4-6-21-14(10)15-17-13(11(2)20-15)9-18-8-12(3-5-19)7-16-18/h4,6-8,19H,3,5,9H2,1-2H3. The maximum Gasteiger partial charge on any atom is 0.237 e. The van der Waals surface area contributed by atoms with E-state index in [-0.39, 0.29) is 6.61 Å². The molecular weight excluding hydrogens is 286 g/mol. The van der Waals surface area contributed by atoms with Gasteiger partial charge in [0.1, 0.15) is 11.5 Å². The molecule has 110 valence electrons. The molecule has 0 radical (unpaired) electrons. The average Bonchev–Trinajstić information content (AvgIpc) is 3.13. The van der Waals surface area contributed by atoms with Crippen LogP contribution in [0.5, 0.6) is 0 Å². The van der Waals surface area contributed by atoms with Gasteiger partial charge in [0.2, 0.25) is 5.89 Å². The molecule has 0 aliphatic carbocycles. The van der Waals surface area contributed by atoms with Crippen molar-refractivity contribution in [3.63, 3.8) is 0 Å². The van der Waals surface area contributed by atoms with Gasteiger partial charge in [-0.05, 0) is 42.8 Å². The first-order valence-corrected chi connectivity index (χ1v) is 7.68. The molecule has 0 unspecified atom stereocenters.